The quantitative estimate of drug-likeness (QED) is 0.103. The lowest BCUT2D eigenvalue weighted by Crippen LogP contribution is -2.32. The number of fused-ring (bicyclic) bond motifs is 3. The summed E-state index contributed by atoms with van der Waals surface area (Å²) in [6.07, 6.45) is 1.13. The Morgan fingerprint density at radius 2 is 1.14 bits per heavy atom. The van der Waals surface area contributed by atoms with Gasteiger partial charge < -0.3 is 14.4 Å². The van der Waals surface area contributed by atoms with Crippen LogP contribution in [0.25, 0.3) is 22.3 Å². The topological polar surface area (TPSA) is 55.8 Å². The summed E-state index contributed by atoms with van der Waals surface area (Å²) in [5.41, 5.74) is 13.9. The Hall–Kier alpha value is -5.68. The molecule has 0 saturated carbocycles. The van der Waals surface area contributed by atoms with Crippen molar-refractivity contribution in [1.82, 2.24) is 0 Å². The van der Waals surface area contributed by atoms with E-state index in [1.165, 1.54) is 33.4 Å². The Kier molecular flexibility index (Phi) is 9.84. The van der Waals surface area contributed by atoms with Crippen molar-refractivity contribution in [3.8, 4) is 22.3 Å². The summed E-state index contributed by atoms with van der Waals surface area (Å²) >= 11 is 0. The highest BCUT2D eigenvalue weighted by molar-refractivity contribution is 5.86. The highest BCUT2D eigenvalue weighted by atomic mass is 16.6. The number of aryl methyl sites for hydroxylation is 2. The molecule has 51 heavy (non-hydrogen) atoms. The van der Waals surface area contributed by atoms with Gasteiger partial charge in [-0.3, -0.25) is 0 Å². The first-order valence-electron chi connectivity index (χ1n) is 17.4. The van der Waals surface area contributed by atoms with Gasteiger partial charge in [-0.05, 0) is 114 Å². The Labute approximate surface area is 301 Å². The van der Waals surface area contributed by atoms with Crippen molar-refractivity contribution in [2.45, 2.75) is 65.1 Å². The maximum atomic E-state index is 12.0. The van der Waals surface area contributed by atoms with Crippen molar-refractivity contribution >= 4 is 29.0 Å². The molecule has 2 unspecified atom stereocenters. The van der Waals surface area contributed by atoms with E-state index in [4.69, 9.17) is 9.47 Å². The molecule has 0 spiro atoms. The molecule has 6 rings (SSSR count). The highest BCUT2D eigenvalue weighted by Gasteiger charge is 2.36. The SMILES string of the molecule is C=CC(=O)OC(C)C(c1ccc(-c2ccc(N(c3ccc(C)c(C)c3)c3ccc4c(c3)C(C)(C)c3ccccc3-4)cc2)cc1)C(C)OC(=O)C=C. The lowest BCUT2D eigenvalue weighted by atomic mass is 9.82. The molecule has 2 atom stereocenters. The first-order chi connectivity index (χ1) is 24.4. The summed E-state index contributed by atoms with van der Waals surface area (Å²) in [6.45, 7) is 19.5. The smallest absolute Gasteiger partial charge is 0.330 e. The number of esters is 2. The van der Waals surface area contributed by atoms with Gasteiger partial charge in [0, 0.05) is 34.6 Å². The maximum absolute atomic E-state index is 12.0. The molecule has 0 aliphatic heterocycles. The molecule has 0 radical (unpaired) electrons. The second-order valence-corrected chi connectivity index (χ2v) is 13.9. The zero-order valence-electron chi connectivity index (χ0n) is 30.3. The summed E-state index contributed by atoms with van der Waals surface area (Å²) in [5.74, 6) is -1.46. The summed E-state index contributed by atoms with van der Waals surface area (Å²) < 4.78 is 11.1. The molecule has 0 N–H and O–H groups in total. The number of carbonyl (C=O) groups excluding carboxylic acids is 2. The second-order valence-electron chi connectivity index (χ2n) is 13.9. The van der Waals surface area contributed by atoms with E-state index < -0.39 is 30.1 Å². The van der Waals surface area contributed by atoms with Crippen LogP contribution >= 0.6 is 0 Å². The van der Waals surface area contributed by atoms with Gasteiger partial charge in [0.1, 0.15) is 12.2 Å². The predicted molar refractivity (Wildman–Crippen MR) is 208 cm³/mol. The van der Waals surface area contributed by atoms with Crippen molar-refractivity contribution < 1.29 is 19.1 Å². The number of hydrogen-bond acceptors (Lipinski definition) is 5. The van der Waals surface area contributed by atoms with Crippen LogP contribution in [0.2, 0.25) is 0 Å². The highest BCUT2D eigenvalue weighted by Crippen LogP contribution is 2.50. The van der Waals surface area contributed by atoms with Gasteiger partial charge in [0.05, 0.1) is 5.92 Å². The van der Waals surface area contributed by atoms with E-state index in [1.54, 1.807) is 13.8 Å². The molecule has 0 aromatic heterocycles. The molecule has 5 aromatic rings. The van der Waals surface area contributed by atoms with E-state index in [9.17, 15) is 9.59 Å². The summed E-state index contributed by atoms with van der Waals surface area (Å²) in [4.78, 5) is 26.4. The third-order valence-corrected chi connectivity index (χ3v) is 10.3. The van der Waals surface area contributed by atoms with E-state index in [1.807, 2.05) is 24.3 Å². The largest absolute Gasteiger partial charge is 0.459 e. The number of nitrogens with zero attached hydrogens (tertiary/aromatic N) is 1. The third-order valence-electron chi connectivity index (χ3n) is 10.3. The third kappa shape index (κ3) is 6.89. The number of hydrogen-bond donors (Lipinski definition) is 0. The molecule has 5 heteroatoms. The second kappa shape index (κ2) is 14.3. The molecule has 1 aliphatic rings. The Bertz CT molecular complexity index is 2080. The molecular formula is C46H45NO4. The first kappa shape index (κ1) is 35.2. The molecule has 5 aromatic carbocycles. The zero-order chi connectivity index (χ0) is 36.4. The monoisotopic (exact) mass is 675 g/mol. The van der Waals surface area contributed by atoms with Crippen molar-refractivity contribution in [2.75, 3.05) is 4.90 Å². The van der Waals surface area contributed by atoms with E-state index in [2.05, 4.69) is 131 Å². The first-order valence-corrected chi connectivity index (χ1v) is 17.4. The fourth-order valence-corrected chi connectivity index (χ4v) is 7.38. The van der Waals surface area contributed by atoms with Crippen LogP contribution in [-0.2, 0) is 24.5 Å². The van der Waals surface area contributed by atoms with E-state index in [-0.39, 0.29) is 5.41 Å². The van der Waals surface area contributed by atoms with Crippen LogP contribution in [0.15, 0.2) is 135 Å². The number of carbonyl (C=O) groups is 2. The fourth-order valence-electron chi connectivity index (χ4n) is 7.38. The molecule has 1 aliphatic carbocycles. The Balaban J connectivity index is 1.34. The minimum atomic E-state index is -0.566. The molecule has 258 valence electrons. The van der Waals surface area contributed by atoms with Crippen LogP contribution in [0.1, 0.15) is 61.4 Å². The van der Waals surface area contributed by atoms with Crippen LogP contribution in [0, 0.1) is 13.8 Å². The van der Waals surface area contributed by atoms with E-state index in [0.29, 0.717) is 0 Å². The van der Waals surface area contributed by atoms with Crippen molar-refractivity contribution in [3.63, 3.8) is 0 Å². The van der Waals surface area contributed by atoms with Crippen LogP contribution in [0.5, 0.6) is 0 Å². The van der Waals surface area contributed by atoms with E-state index in [0.717, 1.165) is 45.9 Å². The summed E-state index contributed by atoms with van der Waals surface area (Å²) in [6, 6.07) is 38.9. The van der Waals surface area contributed by atoms with Crippen molar-refractivity contribution in [3.05, 3.63) is 162 Å². The van der Waals surface area contributed by atoms with Crippen molar-refractivity contribution in [1.29, 1.82) is 0 Å². The van der Waals surface area contributed by atoms with Gasteiger partial charge >= 0.3 is 11.9 Å². The van der Waals surface area contributed by atoms with Crippen LogP contribution in [0.4, 0.5) is 17.1 Å². The van der Waals surface area contributed by atoms with Gasteiger partial charge in [-0.15, -0.1) is 0 Å². The summed E-state index contributed by atoms with van der Waals surface area (Å²) in [7, 11) is 0. The predicted octanol–water partition coefficient (Wildman–Crippen LogP) is 11.1. The van der Waals surface area contributed by atoms with Gasteiger partial charge in [-0.2, -0.15) is 0 Å². The average molecular weight is 676 g/mol. The zero-order valence-corrected chi connectivity index (χ0v) is 30.3. The fraction of sp³-hybridized carbons (Fsp3) is 0.217. The lowest BCUT2D eigenvalue weighted by molar-refractivity contribution is -0.149. The van der Waals surface area contributed by atoms with Crippen LogP contribution in [-0.4, -0.2) is 24.1 Å². The normalized spacial score (nSPS) is 14.3. The van der Waals surface area contributed by atoms with Crippen LogP contribution in [0.3, 0.4) is 0 Å². The molecule has 0 heterocycles. The van der Waals surface area contributed by atoms with E-state index >= 15 is 0 Å². The molecular weight excluding hydrogens is 631 g/mol. The molecule has 0 bridgehead atoms. The summed E-state index contributed by atoms with van der Waals surface area (Å²) in [5, 5.41) is 0. The minimum absolute atomic E-state index is 0.109. The van der Waals surface area contributed by atoms with Gasteiger partial charge in [0.25, 0.3) is 0 Å². The van der Waals surface area contributed by atoms with Gasteiger partial charge in [0.2, 0.25) is 0 Å². The van der Waals surface area contributed by atoms with Gasteiger partial charge in [-0.25, -0.2) is 9.59 Å². The minimum Gasteiger partial charge on any atom is -0.459 e. The number of benzene rings is 5. The Morgan fingerprint density at radius 3 is 1.73 bits per heavy atom. The average Bonchev–Trinajstić information content (AvgIpc) is 3.36. The van der Waals surface area contributed by atoms with Crippen LogP contribution < -0.4 is 4.90 Å². The number of ether oxygens (including phenoxy) is 2. The molecule has 0 fully saturated rings. The number of rotatable bonds is 11. The number of anilines is 3. The maximum Gasteiger partial charge on any atom is 0.330 e. The molecule has 0 amide bonds. The van der Waals surface area contributed by atoms with Gasteiger partial charge in [0.15, 0.2) is 0 Å². The van der Waals surface area contributed by atoms with Crippen molar-refractivity contribution in [2.24, 2.45) is 0 Å². The standard InChI is InChI=1S/C46H45NO4/c1-9-43(48)50-31(5)45(32(6)51-44(49)10-2)35-18-16-33(17-19-35)34-20-23-36(24-21-34)47(37-22-15-29(3)30(4)27-37)38-25-26-40-39-13-11-12-14-41(39)46(7,8)42(40)28-38/h9-28,31-32,45H,1-2H2,3-8H3. The van der Waals surface area contributed by atoms with Gasteiger partial charge in [-0.1, -0.05) is 99.8 Å². The molecule has 5 nitrogen and oxygen atoms in total. The molecule has 0 saturated heterocycles. The lowest BCUT2D eigenvalue weighted by Gasteiger charge is -2.29. The Morgan fingerprint density at radius 1 is 0.627 bits per heavy atom.